The first-order valence-electron chi connectivity index (χ1n) is 16.6. The van der Waals surface area contributed by atoms with Crippen LogP contribution in [0, 0.1) is 34.0 Å². The van der Waals surface area contributed by atoms with Crippen LogP contribution in [0.2, 0.25) is 0 Å². The van der Waals surface area contributed by atoms with Gasteiger partial charge in [0.1, 0.15) is 11.9 Å². The number of nitrogens with zero attached hydrogens (tertiary/aromatic N) is 1. The number of hydrogen-bond donors (Lipinski definition) is 0. The monoisotopic (exact) mass is 551 g/mol. The summed E-state index contributed by atoms with van der Waals surface area (Å²) in [5.74, 6) is 3.17. The van der Waals surface area contributed by atoms with E-state index in [1.54, 1.807) is 0 Å². The highest BCUT2D eigenvalue weighted by Crippen LogP contribution is 2.68. The van der Waals surface area contributed by atoms with Crippen molar-refractivity contribution in [3.63, 3.8) is 0 Å². The van der Waals surface area contributed by atoms with Crippen molar-refractivity contribution >= 4 is 16.7 Å². The molecule has 0 saturated heterocycles. The van der Waals surface area contributed by atoms with Gasteiger partial charge < -0.3 is 4.74 Å². The van der Waals surface area contributed by atoms with Crippen LogP contribution in [-0.4, -0.2) is 11.1 Å². The van der Waals surface area contributed by atoms with Crippen LogP contribution in [0.4, 0.5) is 0 Å². The maximum atomic E-state index is 6.78. The number of benzene rings is 1. The number of allylic oxidation sites excluding steroid dienone is 4. The SMILES string of the molecule is C=C(OC1CCC2(C)C3=C(CCC2C1(C)C)C1CCC(CCCC=C(C)C)C1(C)CC3)c1cnc2ccccc2c1. The molecule has 1 aromatic carbocycles. The molecule has 2 fully saturated rings. The molecule has 4 aliphatic carbocycles. The molecule has 6 rings (SSSR count). The van der Waals surface area contributed by atoms with Crippen molar-refractivity contribution in [2.75, 3.05) is 0 Å². The zero-order valence-electron chi connectivity index (χ0n) is 26.7. The first-order valence-corrected chi connectivity index (χ1v) is 16.6. The van der Waals surface area contributed by atoms with E-state index in [-0.39, 0.29) is 11.5 Å². The second-order valence-electron chi connectivity index (χ2n) is 15.4. The first kappa shape index (κ1) is 28.8. The quantitative estimate of drug-likeness (QED) is 0.194. The van der Waals surface area contributed by atoms with Gasteiger partial charge in [0.2, 0.25) is 0 Å². The van der Waals surface area contributed by atoms with Crippen LogP contribution < -0.4 is 0 Å². The summed E-state index contributed by atoms with van der Waals surface area (Å²) in [5.41, 5.74) is 8.21. The maximum absolute atomic E-state index is 6.78. The third kappa shape index (κ3) is 4.92. The summed E-state index contributed by atoms with van der Waals surface area (Å²) in [6, 6.07) is 10.5. The van der Waals surface area contributed by atoms with Crippen LogP contribution >= 0.6 is 0 Å². The summed E-state index contributed by atoms with van der Waals surface area (Å²) >= 11 is 0. The molecular weight excluding hydrogens is 498 g/mol. The molecule has 0 N–H and O–H groups in total. The lowest BCUT2D eigenvalue weighted by Crippen LogP contribution is -2.54. The van der Waals surface area contributed by atoms with Gasteiger partial charge in [0.15, 0.2) is 0 Å². The van der Waals surface area contributed by atoms with Gasteiger partial charge in [-0.15, -0.1) is 0 Å². The minimum Gasteiger partial charge on any atom is -0.490 e. The zero-order chi connectivity index (χ0) is 29.0. The van der Waals surface area contributed by atoms with Crippen molar-refractivity contribution < 1.29 is 4.74 Å². The Kier molecular flexibility index (Phi) is 7.53. The number of rotatable bonds is 7. The number of fused-ring (bicyclic) bond motifs is 5. The van der Waals surface area contributed by atoms with E-state index < -0.39 is 0 Å². The molecule has 2 aromatic rings. The highest BCUT2D eigenvalue weighted by molar-refractivity contribution is 5.81. The Labute approximate surface area is 249 Å². The third-order valence-corrected chi connectivity index (χ3v) is 12.6. The molecule has 0 spiro atoms. The fraction of sp³-hybridized carbons (Fsp3) is 0.615. The molecule has 6 unspecified atom stereocenters. The minimum absolute atomic E-state index is 0.0998. The lowest BCUT2D eigenvalue weighted by Gasteiger charge is -2.60. The molecule has 6 atom stereocenters. The number of pyridine rings is 1. The van der Waals surface area contributed by atoms with Gasteiger partial charge in [-0.2, -0.15) is 0 Å². The van der Waals surface area contributed by atoms with E-state index in [0.717, 1.165) is 40.5 Å². The Morgan fingerprint density at radius 1 is 1.02 bits per heavy atom. The molecular formula is C39H53NO. The summed E-state index contributed by atoms with van der Waals surface area (Å²) in [6.07, 6.45) is 19.2. The van der Waals surface area contributed by atoms with Gasteiger partial charge >= 0.3 is 0 Å². The average molecular weight is 552 g/mol. The number of hydrogen-bond acceptors (Lipinski definition) is 2. The van der Waals surface area contributed by atoms with Gasteiger partial charge in [-0.1, -0.05) is 75.3 Å². The lowest BCUT2D eigenvalue weighted by atomic mass is 9.46. The van der Waals surface area contributed by atoms with Gasteiger partial charge in [0.25, 0.3) is 0 Å². The second-order valence-corrected chi connectivity index (χ2v) is 15.4. The fourth-order valence-corrected chi connectivity index (χ4v) is 10.3. The average Bonchev–Trinajstić information content (AvgIpc) is 3.28. The summed E-state index contributed by atoms with van der Waals surface area (Å²) < 4.78 is 6.78. The van der Waals surface area contributed by atoms with Crippen molar-refractivity contribution in [2.45, 2.75) is 118 Å². The molecule has 0 amide bonds. The Bertz CT molecular complexity index is 1370. The van der Waals surface area contributed by atoms with E-state index in [1.807, 2.05) is 23.4 Å². The maximum Gasteiger partial charge on any atom is 0.121 e. The Hall–Kier alpha value is -2.35. The van der Waals surface area contributed by atoms with Gasteiger partial charge in [0.05, 0.1) is 5.52 Å². The standard InChI is InChI=1S/C39H53NO/c1-26(2)12-8-10-14-30-16-18-32-31-17-19-35-37(4,5)36(21-23-39(35,7)33(31)20-22-38(30,32)6)41-27(3)29-24-28-13-9-11-15-34(28)40-25-29/h9,11-13,15,24-25,30,32,35-36H,3,8,10,14,16-23H2,1-2,4-7H3. The molecule has 41 heavy (non-hydrogen) atoms. The van der Waals surface area contributed by atoms with E-state index in [2.05, 4.69) is 83.4 Å². The number of unbranched alkanes of at least 4 members (excludes halogenated alkanes) is 1. The molecule has 0 radical (unpaired) electrons. The van der Waals surface area contributed by atoms with E-state index in [0.29, 0.717) is 16.7 Å². The largest absolute Gasteiger partial charge is 0.490 e. The Balaban J connectivity index is 1.18. The number of aromatic nitrogens is 1. The van der Waals surface area contributed by atoms with Crippen molar-refractivity contribution in [3.8, 4) is 0 Å². The smallest absolute Gasteiger partial charge is 0.121 e. The van der Waals surface area contributed by atoms with Crippen LogP contribution in [0.1, 0.15) is 118 Å². The van der Waals surface area contributed by atoms with Crippen molar-refractivity contribution in [3.05, 3.63) is 71.5 Å². The van der Waals surface area contributed by atoms with Gasteiger partial charge in [-0.05, 0) is 125 Å². The molecule has 220 valence electrons. The summed E-state index contributed by atoms with van der Waals surface area (Å²) in [5, 5.41) is 1.14. The number of ether oxygens (including phenoxy) is 1. The molecule has 2 saturated carbocycles. The molecule has 1 aromatic heterocycles. The van der Waals surface area contributed by atoms with Crippen molar-refractivity contribution in [1.82, 2.24) is 4.98 Å². The molecule has 0 aliphatic heterocycles. The highest BCUT2D eigenvalue weighted by Gasteiger charge is 2.59. The normalized spacial score (nSPS) is 34.0. The molecule has 2 heteroatoms. The van der Waals surface area contributed by atoms with Gasteiger partial charge in [-0.3, -0.25) is 4.98 Å². The highest BCUT2D eigenvalue weighted by atomic mass is 16.5. The van der Waals surface area contributed by atoms with Crippen LogP contribution in [0.15, 0.2) is 65.9 Å². The van der Waals surface area contributed by atoms with Gasteiger partial charge in [-0.25, -0.2) is 0 Å². The van der Waals surface area contributed by atoms with Crippen LogP contribution in [0.3, 0.4) is 0 Å². The summed E-state index contributed by atoms with van der Waals surface area (Å²) in [4.78, 5) is 4.67. The molecule has 4 aliphatic rings. The predicted octanol–water partition coefficient (Wildman–Crippen LogP) is 11.1. The van der Waals surface area contributed by atoms with E-state index in [4.69, 9.17) is 4.74 Å². The van der Waals surface area contributed by atoms with E-state index in [1.165, 1.54) is 69.8 Å². The second kappa shape index (κ2) is 10.7. The van der Waals surface area contributed by atoms with Crippen molar-refractivity contribution in [2.24, 2.45) is 34.0 Å². The molecule has 1 heterocycles. The zero-order valence-corrected chi connectivity index (χ0v) is 26.7. The summed E-state index contributed by atoms with van der Waals surface area (Å²) in [7, 11) is 0. The predicted molar refractivity (Wildman–Crippen MR) is 173 cm³/mol. The lowest BCUT2D eigenvalue weighted by molar-refractivity contribution is -0.0915. The molecule has 0 bridgehead atoms. The third-order valence-electron chi connectivity index (χ3n) is 12.6. The van der Waals surface area contributed by atoms with E-state index in [9.17, 15) is 0 Å². The summed E-state index contributed by atoms with van der Waals surface area (Å²) in [6.45, 7) is 19.2. The minimum atomic E-state index is 0.0998. The van der Waals surface area contributed by atoms with Crippen LogP contribution in [-0.2, 0) is 4.74 Å². The Morgan fingerprint density at radius 2 is 1.83 bits per heavy atom. The van der Waals surface area contributed by atoms with Crippen molar-refractivity contribution in [1.29, 1.82) is 0 Å². The number of para-hydroxylation sites is 1. The topological polar surface area (TPSA) is 22.1 Å². The molecule has 2 nitrogen and oxygen atoms in total. The van der Waals surface area contributed by atoms with Gasteiger partial charge in [0, 0.05) is 22.6 Å². The Morgan fingerprint density at radius 3 is 2.63 bits per heavy atom. The van der Waals surface area contributed by atoms with Crippen LogP contribution in [0.25, 0.3) is 16.7 Å². The van der Waals surface area contributed by atoms with Crippen LogP contribution in [0.5, 0.6) is 0 Å². The fourth-order valence-electron chi connectivity index (χ4n) is 10.3. The van der Waals surface area contributed by atoms with E-state index >= 15 is 0 Å². The first-order chi connectivity index (χ1) is 19.5.